The smallest absolute Gasteiger partial charge is 0.0645 e. The Kier molecular flexibility index (Phi) is 6.45. The van der Waals surface area contributed by atoms with Gasteiger partial charge in [0, 0.05) is 0 Å². The lowest BCUT2D eigenvalue weighted by Gasteiger charge is -2.37. The molecule has 17 heavy (non-hydrogen) atoms. The van der Waals surface area contributed by atoms with E-state index in [-0.39, 0.29) is 12.6 Å². The zero-order chi connectivity index (χ0) is 12.8. The summed E-state index contributed by atoms with van der Waals surface area (Å²) >= 11 is 0. The Bertz CT molecular complexity index is 204. The first kappa shape index (κ1) is 14.9. The van der Waals surface area contributed by atoms with E-state index in [1.54, 1.807) is 0 Å². The summed E-state index contributed by atoms with van der Waals surface area (Å²) in [6, 6.07) is 0.0695. The molecule has 3 nitrogen and oxygen atoms in total. The summed E-state index contributed by atoms with van der Waals surface area (Å²) in [4.78, 5) is 0. The third-order valence-corrected chi connectivity index (χ3v) is 4.10. The molecule has 0 amide bonds. The van der Waals surface area contributed by atoms with Crippen molar-refractivity contribution in [2.24, 2.45) is 17.8 Å². The summed E-state index contributed by atoms with van der Waals surface area (Å²) in [6.07, 6.45) is 4.16. The van der Waals surface area contributed by atoms with E-state index in [0.717, 1.165) is 5.92 Å². The molecule has 4 atom stereocenters. The van der Waals surface area contributed by atoms with E-state index in [0.29, 0.717) is 24.5 Å². The lowest BCUT2D eigenvalue weighted by molar-refractivity contribution is -0.0493. The van der Waals surface area contributed by atoms with E-state index in [1.807, 2.05) is 7.05 Å². The van der Waals surface area contributed by atoms with Crippen molar-refractivity contribution in [2.75, 3.05) is 20.3 Å². The van der Waals surface area contributed by atoms with Crippen LogP contribution >= 0.6 is 0 Å². The first-order valence-electron chi connectivity index (χ1n) is 6.98. The molecule has 0 aromatic carbocycles. The third kappa shape index (κ3) is 4.57. The van der Waals surface area contributed by atoms with Crippen molar-refractivity contribution in [3.05, 3.63) is 0 Å². The maximum atomic E-state index is 9.14. The Morgan fingerprint density at radius 1 is 1.35 bits per heavy atom. The zero-order valence-electron chi connectivity index (χ0n) is 11.8. The van der Waals surface area contributed by atoms with Gasteiger partial charge in [0.05, 0.1) is 25.4 Å². The highest BCUT2D eigenvalue weighted by atomic mass is 16.5. The molecule has 0 aromatic heterocycles. The van der Waals surface area contributed by atoms with Crippen molar-refractivity contribution >= 4 is 0 Å². The first-order chi connectivity index (χ1) is 8.08. The Morgan fingerprint density at radius 3 is 2.59 bits per heavy atom. The highest BCUT2D eigenvalue weighted by Gasteiger charge is 2.31. The number of aliphatic hydroxyl groups excluding tert-OH is 1. The van der Waals surface area contributed by atoms with E-state index >= 15 is 0 Å². The molecule has 0 aliphatic heterocycles. The molecular formula is C14H29NO2. The van der Waals surface area contributed by atoms with E-state index in [4.69, 9.17) is 9.84 Å². The Hall–Kier alpha value is -0.120. The maximum Gasteiger partial charge on any atom is 0.0645 e. The molecular weight excluding hydrogens is 214 g/mol. The molecule has 0 saturated heterocycles. The second-order valence-electron chi connectivity index (χ2n) is 5.87. The minimum atomic E-state index is 0.0695. The summed E-state index contributed by atoms with van der Waals surface area (Å²) in [5, 5.41) is 12.2. The fourth-order valence-electron chi connectivity index (χ4n) is 2.77. The monoisotopic (exact) mass is 243 g/mol. The quantitative estimate of drug-likeness (QED) is 0.750. The minimum Gasteiger partial charge on any atom is -0.395 e. The topological polar surface area (TPSA) is 41.5 Å². The largest absolute Gasteiger partial charge is 0.395 e. The van der Waals surface area contributed by atoms with Crippen LogP contribution in [0.3, 0.4) is 0 Å². The fraction of sp³-hybridized carbons (Fsp3) is 1.00. The number of aliphatic hydroxyl groups is 1. The molecule has 1 aliphatic carbocycles. The molecule has 1 rings (SSSR count). The van der Waals surface area contributed by atoms with Crippen molar-refractivity contribution in [1.82, 2.24) is 5.32 Å². The van der Waals surface area contributed by atoms with Crippen molar-refractivity contribution in [1.29, 1.82) is 0 Å². The van der Waals surface area contributed by atoms with Crippen LogP contribution in [0, 0.1) is 17.8 Å². The van der Waals surface area contributed by atoms with Crippen LogP contribution in [0.15, 0.2) is 0 Å². The first-order valence-corrected chi connectivity index (χ1v) is 6.98. The number of ether oxygens (including phenoxy) is 1. The van der Waals surface area contributed by atoms with Crippen molar-refractivity contribution < 1.29 is 9.84 Å². The van der Waals surface area contributed by atoms with Crippen LogP contribution in [0.25, 0.3) is 0 Å². The van der Waals surface area contributed by atoms with E-state index < -0.39 is 0 Å². The third-order valence-electron chi connectivity index (χ3n) is 4.10. The van der Waals surface area contributed by atoms with Gasteiger partial charge in [-0.3, -0.25) is 0 Å². The maximum absolute atomic E-state index is 9.14. The van der Waals surface area contributed by atoms with E-state index in [2.05, 4.69) is 26.1 Å². The highest BCUT2D eigenvalue weighted by Crippen LogP contribution is 2.35. The van der Waals surface area contributed by atoms with Crippen LogP contribution in [0.4, 0.5) is 0 Å². The molecule has 0 heterocycles. The summed E-state index contributed by atoms with van der Waals surface area (Å²) in [5.74, 6) is 2.15. The highest BCUT2D eigenvalue weighted by molar-refractivity contribution is 4.81. The van der Waals surface area contributed by atoms with Gasteiger partial charge in [0.1, 0.15) is 0 Å². The average molecular weight is 243 g/mol. The van der Waals surface area contributed by atoms with Gasteiger partial charge in [0.2, 0.25) is 0 Å². The molecule has 0 radical (unpaired) electrons. The van der Waals surface area contributed by atoms with Crippen LogP contribution in [-0.2, 0) is 4.74 Å². The predicted molar refractivity (Wildman–Crippen MR) is 71.0 cm³/mol. The van der Waals surface area contributed by atoms with Gasteiger partial charge in [-0.15, -0.1) is 0 Å². The second kappa shape index (κ2) is 7.34. The number of hydrogen-bond donors (Lipinski definition) is 2. The van der Waals surface area contributed by atoms with Crippen LogP contribution in [0.2, 0.25) is 0 Å². The lowest BCUT2D eigenvalue weighted by atomic mass is 9.75. The van der Waals surface area contributed by atoms with Crippen molar-refractivity contribution in [3.8, 4) is 0 Å². The molecule has 4 unspecified atom stereocenters. The van der Waals surface area contributed by atoms with Gasteiger partial charge in [-0.25, -0.2) is 0 Å². The molecule has 3 heteroatoms. The standard InChI is InChI=1S/C14H29NO2/c1-10(2)13-6-5-11(3)7-14(13)17-9-12(8-16)15-4/h10-16H,5-9H2,1-4H3. The lowest BCUT2D eigenvalue weighted by Crippen LogP contribution is -2.40. The molecule has 0 bridgehead atoms. The number of likely N-dealkylation sites (N-methyl/N-ethyl adjacent to an activating group) is 1. The predicted octanol–water partition coefficient (Wildman–Crippen LogP) is 2.04. The van der Waals surface area contributed by atoms with Crippen molar-refractivity contribution in [2.45, 2.75) is 52.2 Å². The van der Waals surface area contributed by atoms with E-state index in [1.165, 1.54) is 19.3 Å². The van der Waals surface area contributed by atoms with Gasteiger partial charge in [0.15, 0.2) is 0 Å². The van der Waals surface area contributed by atoms with Crippen LogP contribution in [0.1, 0.15) is 40.0 Å². The summed E-state index contributed by atoms with van der Waals surface area (Å²) in [5.41, 5.74) is 0. The van der Waals surface area contributed by atoms with Gasteiger partial charge in [-0.1, -0.05) is 27.2 Å². The molecule has 1 saturated carbocycles. The van der Waals surface area contributed by atoms with Gasteiger partial charge in [0.25, 0.3) is 0 Å². The van der Waals surface area contributed by atoms with Gasteiger partial charge < -0.3 is 15.2 Å². The van der Waals surface area contributed by atoms with Gasteiger partial charge in [-0.2, -0.15) is 0 Å². The number of hydrogen-bond acceptors (Lipinski definition) is 3. The average Bonchev–Trinajstić information content (AvgIpc) is 2.30. The molecule has 0 spiro atoms. The summed E-state index contributed by atoms with van der Waals surface area (Å²) in [6.45, 7) is 7.66. The number of rotatable bonds is 6. The molecule has 1 fully saturated rings. The molecule has 2 N–H and O–H groups in total. The Labute approximate surface area is 106 Å². The Morgan fingerprint density at radius 2 is 2.06 bits per heavy atom. The second-order valence-corrected chi connectivity index (χ2v) is 5.87. The number of nitrogens with one attached hydrogen (secondary N) is 1. The fourth-order valence-corrected chi connectivity index (χ4v) is 2.77. The van der Waals surface area contributed by atoms with Crippen molar-refractivity contribution in [3.63, 3.8) is 0 Å². The molecule has 0 aromatic rings. The van der Waals surface area contributed by atoms with Gasteiger partial charge >= 0.3 is 0 Å². The normalized spacial score (nSPS) is 31.8. The SMILES string of the molecule is CNC(CO)COC1CC(C)CCC1C(C)C. The van der Waals surface area contributed by atoms with Crippen LogP contribution in [-0.4, -0.2) is 37.5 Å². The van der Waals surface area contributed by atoms with Gasteiger partial charge in [-0.05, 0) is 37.6 Å². The minimum absolute atomic E-state index is 0.0695. The van der Waals surface area contributed by atoms with E-state index in [9.17, 15) is 0 Å². The Balaban J connectivity index is 2.46. The summed E-state index contributed by atoms with van der Waals surface area (Å²) < 4.78 is 6.05. The molecule has 102 valence electrons. The molecule has 1 aliphatic rings. The van der Waals surface area contributed by atoms with Crippen LogP contribution < -0.4 is 5.32 Å². The van der Waals surface area contributed by atoms with Crippen LogP contribution in [0.5, 0.6) is 0 Å². The zero-order valence-corrected chi connectivity index (χ0v) is 11.8. The summed E-state index contributed by atoms with van der Waals surface area (Å²) in [7, 11) is 1.87.